The van der Waals surface area contributed by atoms with E-state index in [0.29, 0.717) is 6.42 Å². The first-order chi connectivity index (χ1) is 5.52. The van der Waals surface area contributed by atoms with E-state index in [4.69, 9.17) is 9.84 Å². The highest BCUT2D eigenvalue weighted by molar-refractivity contribution is 5.91. The highest BCUT2D eigenvalue weighted by atomic mass is 16.6. The Morgan fingerprint density at radius 3 is 2.75 bits per heavy atom. The average molecular weight is 174 g/mol. The van der Waals surface area contributed by atoms with Gasteiger partial charge in [-0.15, -0.1) is 0 Å². The number of Topliss-reactive ketones (excluding diaryl/α,β-unsaturated/α-hetero) is 1. The molecular formula is C8H14O4. The van der Waals surface area contributed by atoms with Crippen LogP contribution in [-0.2, 0) is 9.53 Å². The summed E-state index contributed by atoms with van der Waals surface area (Å²) in [5.41, 5.74) is 0. The number of ether oxygens (including phenoxy) is 1. The summed E-state index contributed by atoms with van der Waals surface area (Å²) in [5.74, 6) is -2.65. The standard InChI is InChI=1S/C8H14O4/c1-3-5(2)8(11)7(10)6(9)4-12-8/h5-6,9,11H,3-4H2,1-2H3. The van der Waals surface area contributed by atoms with Crippen LogP contribution >= 0.6 is 0 Å². The Morgan fingerprint density at radius 1 is 1.83 bits per heavy atom. The Balaban J connectivity index is 2.78. The van der Waals surface area contributed by atoms with Gasteiger partial charge >= 0.3 is 0 Å². The monoisotopic (exact) mass is 174 g/mol. The summed E-state index contributed by atoms with van der Waals surface area (Å²) in [6.45, 7) is 3.47. The minimum absolute atomic E-state index is 0.0975. The van der Waals surface area contributed by atoms with Gasteiger partial charge in [0.05, 0.1) is 6.61 Å². The van der Waals surface area contributed by atoms with E-state index in [-0.39, 0.29) is 12.5 Å². The first-order valence-corrected chi connectivity index (χ1v) is 4.11. The first-order valence-electron chi connectivity index (χ1n) is 4.11. The molecule has 1 heterocycles. The molecule has 4 heteroatoms. The molecule has 0 bridgehead atoms. The molecule has 0 amide bonds. The fourth-order valence-corrected chi connectivity index (χ4v) is 1.25. The highest BCUT2D eigenvalue weighted by Crippen LogP contribution is 2.29. The third kappa shape index (κ3) is 1.26. The van der Waals surface area contributed by atoms with Gasteiger partial charge < -0.3 is 14.9 Å². The Hall–Kier alpha value is -0.450. The van der Waals surface area contributed by atoms with Gasteiger partial charge in [-0.25, -0.2) is 0 Å². The van der Waals surface area contributed by atoms with Gasteiger partial charge in [-0.1, -0.05) is 13.8 Å². The van der Waals surface area contributed by atoms with Crippen molar-refractivity contribution in [2.45, 2.75) is 32.2 Å². The Labute approximate surface area is 71.2 Å². The van der Waals surface area contributed by atoms with Crippen molar-refractivity contribution in [3.8, 4) is 0 Å². The summed E-state index contributed by atoms with van der Waals surface area (Å²) in [4.78, 5) is 11.2. The molecule has 1 fully saturated rings. The molecule has 0 aromatic heterocycles. The van der Waals surface area contributed by atoms with Gasteiger partial charge in [0.1, 0.15) is 6.10 Å². The largest absolute Gasteiger partial charge is 0.383 e. The van der Waals surface area contributed by atoms with Crippen LogP contribution in [0.5, 0.6) is 0 Å². The van der Waals surface area contributed by atoms with Crippen LogP contribution < -0.4 is 0 Å². The maximum absolute atomic E-state index is 11.2. The molecule has 0 radical (unpaired) electrons. The van der Waals surface area contributed by atoms with Gasteiger partial charge in [0.25, 0.3) is 0 Å². The summed E-state index contributed by atoms with van der Waals surface area (Å²) in [7, 11) is 0. The Bertz CT molecular complexity index is 191. The quantitative estimate of drug-likeness (QED) is 0.602. The van der Waals surface area contributed by atoms with Gasteiger partial charge in [-0.3, -0.25) is 4.79 Å². The zero-order valence-electron chi connectivity index (χ0n) is 7.28. The summed E-state index contributed by atoms with van der Waals surface area (Å²) in [6, 6.07) is 0. The van der Waals surface area contributed by atoms with Crippen LogP contribution in [0.4, 0.5) is 0 Å². The molecular weight excluding hydrogens is 160 g/mol. The fourth-order valence-electron chi connectivity index (χ4n) is 1.25. The molecule has 0 aromatic rings. The van der Waals surface area contributed by atoms with E-state index in [1.807, 2.05) is 6.92 Å². The number of carbonyl (C=O) groups is 1. The lowest BCUT2D eigenvalue weighted by Crippen LogP contribution is -2.44. The molecule has 1 saturated heterocycles. The summed E-state index contributed by atoms with van der Waals surface area (Å²) >= 11 is 0. The second kappa shape index (κ2) is 3.12. The number of ketones is 1. The average Bonchev–Trinajstić information content (AvgIpc) is 2.33. The van der Waals surface area contributed by atoms with Gasteiger partial charge in [-0.2, -0.15) is 0 Å². The second-order valence-electron chi connectivity index (χ2n) is 3.20. The molecule has 0 spiro atoms. The molecule has 4 nitrogen and oxygen atoms in total. The molecule has 3 unspecified atom stereocenters. The summed E-state index contributed by atoms with van der Waals surface area (Å²) < 4.78 is 4.87. The molecule has 0 saturated carbocycles. The van der Waals surface area contributed by atoms with Crippen molar-refractivity contribution in [3.63, 3.8) is 0 Å². The van der Waals surface area contributed by atoms with Crippen LogP contribution in [0.2, 0.25) is 0 Å². The zero-order chi connectivity index (χ0) is 9.35. The van der Waals surface area contributed by atoms with Crippen LogP contribution in [0.25, 0.3) is 0 Å². The molecule has 0 aromatic carbocycles. The number of rotatable bonds is 2. The molecule has 3 atom stereocenters. The fraction of sp³-hybridized carbons (Fsp3) is 0.875. The maximum Gasteiger partial charge on any atom is 0.232 e. The van der Waals surface area contributed by atoms with Gasteiger partial charge in [0, 0.05) is 5.92 Å². The van der Waals surface area contributed by atoms with Crippen molar-refractivity contribution in [2.24, 2.45) is 5.92 Å². The second-order valence-corrected chi connectivity index (χ2v) is 3.20. The van der Waals surface area contributed by atoms with Gasteiger partial charge in [-0.05, 0) is 6.42 Å². The maximum atomic E-state index is 11.2. The minimum atomic E-state index is -1.76. The van der Waals surface area contributed by atoms with Crippen molar-refractivity contribution < 1.29 is 19.7 Å². The third-order valence-corrected chi connectivity index (χ3v) is 2.40. The lowest BCUT2D eigenvalue weighted by atomic mass is 9.94. The van der Waals surface area contributed by atoms with E-state index in [9.17, 15) is 9.90 Å². The van der Waals surface area contributed by atoms with E-state index in [2.05, 4.69) is 0 Å². The van der Waals surface area contributed by atoms with E-state index in [1.165, 1.54) is 0 Å². The van der Waals surface area contributed by atoms with Crippen LogP contribution in [0.3, 0.4) is 0 Å². The normalized spacial score (nSPS) is 38.7. The molecule has 0 aliphatic carbocycles. The third-order valence-electron chi connectivity index (χ3n) is 2.40. The number of hydrogen-bond donors (Lipinski definition) is 2. The first kappa shape index (κ1) is 9.64. The Morgan fingerprint density at radius 2 is 2.42 bits per heavy atom. The van der Waals surface area contributed by atoms with E-state index >= 15 is 0 Å². The lowest BCUT2D eigenvalue weighted by Gasteiger charge is -2.25. The summed E-state index contributed by atoms with van der Waals surface area (Å²) in [6.07, 6.45) is -0.529. The van der Waals surface area contributed by atoms with Crippen molar-refractivity contribution in [2.75, 3.05) is 6.61 Å². The number of carbonyl (C=O) groups excluding carboxylic acids is 1. The van der Waals surface area contributed by atoms with Crippen molar-refractivity contribution in [3.05, 3.63) is 0 Å². The molecule has 1 rings (SSSR count). The van der Waals surface area contributed by atoms with Crippen molar-refractivity contribution in [1.82, 2.24) is 0 Å². The molecule has 2 N–H and O–H groups in total. The molecule has 70 valence electrons. The number of hydrogen-bond acceptors (Lipinski definition) is 4. The number of aliphatic hydroxyl groups is 2. The molecule has 1 aliphatic rings. The van der Waals surface area contributed by atoms with Crippen LogP contribution in [0.1, 0.15) is 20.3 Å². The highest BCUT2D eigenvalue weighted by Gasteiger charge is 2.50. The Kier molecular flexibility index (Phi) is 2.51. The topological polar surface area (TPSA) is 66.8 Å². The van der Waals surface area contributed by atoms with Crippen LogP contribution in [-0.4, -0.2) is 34.5 Å². The number of aliphatic hydroxyl groups excluding tert-OH is 1. The van der Waals surface area contributed by atoms with Crippen molar-refractivity contribution in [1.29, 1.82) is 0 Å². The predicted octanol–water partition coefficient (Wildman–Crippen LogP) is -0.319. The molecule has 12 heavy (non-hydrogen) atoms. The SMILES string of the molecule is CCC(C)C1(O)OCC(O)C1=O. The molecule has 1 aliphatic heterocycles. The van der Waals surface area contributed by atoms with Gasteiger partial charge in [0.15, 0.2) is 0 Å². The van der Waals surface area contributed by atoms with Gasteiger partial charge in [0.2, 0.25) is 11.6 Å². The predicted molar refractivity (Wildman–Crippen MR) is 41.4 cm³/mol. The minimum Gasteiger partial charge on any atom is -0.383 e. The van der Waals surface area contributed by atoms with Crippen LogP contribution in [0, 0.1) is 5.92 Å². The van der Waals surface area contributed by atoms with E-state index in [0.717, 1.165) is 0 Å². The zero-order valence-corrected chi connectivity index (χ0v) is 7.28. The lowest BCUT2D eigenvalue weighted by molar-refractivity contribution is -0.203. The van der Waals surface area contributed by atoms with E-state index < -0.39 is 17.7 Å². The van der Waals surface area contributed by atoms with Crippen molar-refractivity contribution >= 4 is 5.78 Å². The summed E-state index contributed by atoms with van der Waals surface area (Å²) in [5, 5.41) is 18.7. The smallest absolute Gasteiger partial charge is 0.232 e. The van der Waals surface area contributed by atoms with Crippen LogP contribution in [0.15, 0.2) is 0 Å². The van der Waals surface area contributed by atoms with E-state index in [1.54, 1.807) is 6.92 Å².